The maximum absolute atomic E-state index is 5.68. The first-order valence-corrected chi connectivity index (χ1v) is 5.45. The fourth-order valence-electron chi connectivity index (χ4n) is 2.91. The molecule has 0 radical (unpaired) electrons. The molecule has 2 unspecified atom stereocenters. The van der Waals surface area contributed by atoms with E-state index in [0.29, 0.717) is 0 Å². The molecule has 2 heteroatoms. The van der Waals surface area contributed by atoms with Crippen molar-refractivity contribution in [1.29, 1.82) is 0 Å². The number of fused-ring (bicyclic) bond motifs is 2. The summed E-state index contributed by atoms with van der Waals surface area (Å²) in [5.41, 5.74) is 7.90. The summed E-state index contributed by atoms with van der Waals surface area (Å²) < 4.78 is 0. The van der Waals surface area contributed by atoms with Crippen LogP contribution in [0.2, 0.25) is 0 Å². The van der Waals surface area contributed by atoms with Crippen LogP contribution in [-0.2, 0) is 0 Å². The quantitative estimate of drug-likeness (QED) is 0.685. The maximum atomic E-state index is 5.68. The third-order valence-electron chi connectivity index (χ3n) is 3.63. The van der Waals surface area contributed by atoms with E-state index in [2.05, 4.69) is 17.0 Å². The van der Waals surface area contributed by atoms with Gasteiger partial charge in [-0.3, -0.25) is 0 Å². The zero-order valence-electron chi connectivity index (χ0n) is 8.32. The second kappa shape index (κ2) is 2.91. The molecule has 0 spiro atoms. The van der Waals surface area contributed by atoms with Crippen molar-refractivity contribution in [3.63, 3.8) is 0 Å². The second-order valence-electron chi connectivity index (χ2n) is 4.58. The van der Waals surface area contributed by atoms with Crippen LogP contribution in [0.5, 0.6) is 0 Å². The summed E-state index contributed by atoms with van der Waals surface area (Å²) in [7, 11) is 0. The van der Waals surface area contributed by atoms with Crippen LogP contribution in [0.4, 0.5) is 11.4 Å². The SMILES string of the molecule is Nc1ccc(N2CC3CCC2C3)cc1. The molecule has 2 N–H and O–H groups in total. The van der Waals surface area contributed by atoms with Crippen molar-refractivity contribution in [2.75, 3.05) is 17.2 Å². The molecule has 2 aliphatic rings. The summed E-state index contributed by atoms with van der Waals surface area (Å²) in [6.07, 6.45) is 4.23. The minimum Gasteiger partial charge on any atom is -0.399 e. The van der Waals surface area contributed by atoms with E-state index in [1.807, 2.05) is 12.1 Å². The van der Waals surface area contributed by atoms with Gasteiger partial charge in [-0.25, -0.2) is 0 Å². The van der Waals surface area contributed by atoms with E-state index in [1.165, 1.54) is 31.5 Å². The normalized spacial score (nSPS) is 29.9. The number of rotatable bonds is 1. The summed E-state index contributed by atoms with van der Waals surface area (Å²) in [5.74, 6) is 0.956. The van der Waals surface area contributed by atoms with Gasteiger partial charge < -0.3 is 10.6 Å². The van der Waals surface area contributed by atoms with Crippen LogP contribution in [0, 0.1) is 5.92 Å². The van der Waals surface area contributed by atoms with E-state index in [9.17, 15) is 0 Å². The summed E-state index contributed by atoms with van der Waals surface area (Å²) in [6, 6.07) is 9.11. The molecule has 1 aliphatic heterocycles. The second-order valence-corrected chi connectivity index (χ2v) is 4.58. The molecule has 0 aromatic heterocycles. The number of hydrogen-bond acceptors (Lipinski definition) is 2. The van der Waals surface area contributed by atoms with Gasteiger partial charge in [0.25, 0.3) is 0 Å². The van der Waals surface area contributed by atoms with Crippen molar-refractivity contribution >= 4 is 11.4 Å². The van der Waals surface area contributed by atoms with Crippen molar-refractivity contribution < 1.29 is 0 Å². The summed E-state index contributed by atoms with van der Waals surface area (Å²) in [6.45, 7) is 1.26. The average molecular weight is 188 g/mol. The first-order valence-electron chi connectivity index (χ1n) is 5.45. The third kappa shape index (κ3) is 1.17. The van der Waals surface area contributed by atoms with Gasteiger partial charge in [0, 0.05) is 24.0 Å². The minimum atomic E-state index is 0.809. The first-order chi connectivity index (χ1) is 6.83. The molecule has 2 fully saturated rings. The Morgan fingerprint density at radius 2 is 1.93 bits per heavy atom. The highest BCUT2D eigenvalue weighted by atomic mass is 15.2. The van der Waals surface area contributed by atoms with E-state index < -0.39 is 0 Å². The Morgan fingerprint density at radius 1 is 1.14 bits per heavy atom. The van der Waals surface area contributed by atoms with Crippen molar-refractivity contribution in [2.24, 2.45) is 5.92 Å². The van der Waals surface area contributed by atoms with E-state index >= 15 is 0 Å². The average Bonchev–Trinajstić information content (AvgIpc) is 2.80. The predicted octanol–water partition coefficient (Wildman–Crippen LogP) is 2.26. The highest BCUT2D eigenvalue weighted by molar-refractivity contribution is 5.54. The van der Waals surface area contributed by atoms with Crippen LogP contribution in [0.1, 0.15) is 19.3 Å². The molecule has 1 saturated heterocycles. The Kier molecular flexibility index (Phi) is 1.69. The van der Waals surface area contributed by atoms with Gasteiger partial charge in [0.1, 0.15) is 0 Å². The van der Waals surface area contributed by atoms with Crippen molar-refractivity contribution in [3.05, 3.63) is 24.3 Å². The topological polar surface area (TPSA) is 29.3 Å². The Hall–Kier alpha value is -1.18. The highest BCUT2D eigenvalue weighted by Gasteiger charge is 2.37. The maximum Gasteiger partial charge on any atom is 0.0370 e. The molecule has 2 atom stereocenters. The monoisotopic (exact) mass is 188 g/mol. The summed E-state index contributed by atoms with van der Waals surface area (Å²) >= 11 is 0. The van der Waals surface area contributed by atoms with Gasteiger partial charge in [-0.1, -0.05) is 0 Å². The minimum absolute atomic E-state index is 0.809. The summed E-state index contributed by atoms with van der Waals surface area (Å²) in [5, 5.41) is 0. The van der Waals surface area contributed by atoms with Gasteiger partial charge in [0.05, 0.1) is 0 Å². The Balaban J connectivity index is 1.86. The van der Waals surface area contributed by atoms with Crippen LogP contribution in [-0.4, -0.2) is 12.6 Å². The largest absolute Gasteiger partial charge is 0.399 e. The number of anilines is 2. The molecule has 1 aromatic carbocycles. The predicted molar refractivity (Wildman–Crippen MR) is 59.3 cm³/mol. The molecule has 2 nitrogen and oxygen atoms in total. The lowest BCUT2D eigenvalue weighted by Crippen LogP contribution is -2.31. The lowest BCUT2D eigenvalue weighted by molar-refractivity contribution is 0.553. The number of nitrogens with zero attached hydrogens (tertiary/aromatic N) is 1. The van der Waals surface area contributed by atoms with Crippen LogP contribution < -0.4 is 10.6 Å². The van der Waals surface area contributed by atoms with E-state index in [4.69, 9.17) is 5.73 Å². The van der Waals surface area contributed by atoms with Crippen LogP contribution >= 0.6 is 0 Å². The van der Waals surface area contributed by atoms with Crippen LogP contribution in [0.25, 0.3) is 0 Å². The van der Waals surface area contributed by atoms with Crippen LogP contribution in [0.3, 0.4) is 0 Å². The smallest absolute Gasteiger partial charge is 0.0370 e. The lowest BCUT2D eigenvalue weighted by atomic mass is 10.1. The Bertz CT molecular complexity index is 331. The summed E-state index contributed by atoms with van der Waals surface area (Å²) in [4.78, 5) is 2.55. The first kappa shape index (κ1) is 8.16. The van der Waals surface area contributed by atoms with E-state index in [-0.39, 0.29) is 0 Å². The lowest BCUT2D eigenvalue weighted by Gasteiger charge is -2.29. The molecular weight excluding hydrogens is 172 g/mol. The molecule has 1 heterocycles. The molecular formula is C12H16N2. The fraction of sp³-hybridized carbons (Fsp3) is 0.500. The fourth-order valence-corrected chi connectivity index (χ4v) is 2.91. The van der Waals surface area contributed by atoms with Gasteiger partial charge in [-0.15, -0.1) is 0 Å². The highest BCUT2D eigenvalue weighted by Crippen LogP contribution is 2.40. The third-order valence-corrected chi connectivity index (χ3v) is 3.63. The zero-order chi connectivity index (χ0) is 9.54. The number of hydrogen-bond donors (Lipinski definition) is 1. The standard InChI is InChI=1S/C12H16N2/c13-10-2-5-11(6-3-10)14-8-9-1-4-12(14)7-9/h2-3,5-6,9,12H,1,4,7-8,13H2. The zero-order valence-corrected chi connectivity index (χ0v) is 8.32. The van der Waals surface area contributed by atoms with E-state index in [1.54, 1.807) is 0 Å². The molecule has 1 aliphatic carbocycles. The molecule has 14 heavy (non-hydrogen) atoms. The Morgan fingerprint density at radius 3 is 2.50 bits per heavy atom. The molecule has 74 valence electrons. The molecule has 0 amide bonds. The van der Waals surface area contributed by atoms with Gasteiger partial charge in [0.2, 0.25) is 0 Å². The van der Waals surface area contributed by atoms with Gasteiger partial charge in [-0.2, -0.15) is 0 Å². The molecule has 1 saturated carbocycles. The molecule has 2 bridgehead atoms. The number of benzene rings is 1. The van der Waals surface area contributed by atoms with Crippen molar-refractivity contribution in [3.8, 4) is 0 Å². The van der Waals surface area contributed by atoms with Crippen molar-refractivity contribution in [2.45, 2.75) is 25.3 Å². The van der Waals surface area contributed by atoms with Gasteiger partial charge in [0.15, 0.2) is 0 Å². The Labute approximate surface area is 84.7 Å². The van der Waals surface area contributed by atoms with Crippen LogP contribution in [0.15, 0.2) is 24.3 Å². The molecule has 3 rings (SSSR count). The molecule has 1 aromatic rings. The van der Waals surface area contributed by atoms with E-state index in [0.717, 1.165) is 17.6 Å². The number of nitrogen functional groups attached to an aromatic ring is 1. The van der Waals surface area contributed by atoms with Gasteiger partial charge in [-0.05, 0) is 49.4 Å². The van der Waals surface area contributed by atoms with Crippen molar-refractivity contribution in [1.82, 2.24) is 0 Å². The number of nitrogens with two attached hydrogens (primary N) is 1. The van der Waals surface area contributed by atoms with Gasteiger partial charge >= 0.3 is 0 Å². The number of piperidine rings is 1.